The number of hydrogen-bond acceptors (Lipinski definition) is 3. The summed E-state index contributed by atoms with van der Waals surface area (Å²) in [4.78, 5) is 4.10. The number of halogens is 1. The summed E-state index contributed by atoms with van der Waals surface area (Å²) in [5, 5.41) is 5.89. The summed E-state index contributed by atoms with van der Waals surface area (Å²) in [6, 6.07) is 3.47. The number of hydrogen-bond donors (Lipinski definition) is 1. The summed E-state index contributed by atoms with van der Waals surface area (Å²) in [5.41, 5.74) is 0. The van der Waals surface area contributed by atoms with Crippen molar-refractivity contribution < 1.29 is 0 Å². The molecule has 0 amide bonds. The zero-order valence-electron chi connectivity index (χ0n) is 12.2. The Labute approximate surface area is 129 Å². The summed E-state index contributed by atoms with van der Waals surface area (Å²) < 4.78 is 1.27. The minimum atomic E-state index is 0.642. The highest BCUT2D eigenvalue weighted by atomic mass is 79.9. The van der Waals surface area contributed by atoms with Gasteiger partial charge in [-0.05, 0) is 59.6 Å². The molecule has 0 aromatic carbocycles. The van der Waals surface area contributed by atoms with Crippen LogP contribution >= 0.6 is 27.3 Å². The van der Waals surface area contributed by atoms with E-state index in [9.17, 15) is 0 Å². The second-order valence-electron chi connectivity index (χ2n) is 6.04. The van der Waals surface area contributed by atoms with Crippen LogP contribution in [-0.2, 0) is 6.54 Å². The normalized spacial score (nSPS) is 25.7. The van der Waals surface area contributed by atoms with Gasteiger partial charge in [0.25, 0.3) is 0 Å². The van der Waals surface area contributed by atoms with Crippen LogP contribution < -0.4 is 5.32 Å². The Morgan fingerprint density at radius 2 is 2.32 bits per heavy atom. The highest BCUT2D eigenvalue weighted by Crippen LogP contribution is 2.26. The maximum Gasteiger partial charge on any atom is 0.0342 e. The Morgan fingerprint density at radius 3 is 2.95 bits per heavy atom. The number of rotatable bonds is 4. The van der Waals surface area contributed by atoms with E-state index in [4.69, 9.17) is 0 Å². The van der Waals surface area contributed by atoms with E-state index in [1.165, 1.54) is 28.7 Å². The van der Waals surface area contributed by atoms with Gasteiger partial charge in [-0.15, -0.1) is 11.3 Å². The molecule has 1 saturated heterocycles. The van der Waals surface area contributed by atoms with Crippen molar-refractivity contribution in [1.82, 2.24) is 10.2 Å². The first-order chi connectivity index (χ1) is 9.06. The molecule has 2 nitrogen and oxygen atoms in total. The summed E-state index contributed by atoms with van der Waals surface area (Å²) >= 11 is 5.51. The Bertz CT molecular complexity index is 391. The van der Waals surface area contributed by atoms with Crippen molar-refractivity contribution in [3.63, 3.8) is 0 Å². The lowest BCUT2D eigenvalue weighted by Gasteiger charge is -2.29. The summed E-state index contributed by atoms with van der Waals surface area (Å²) in [6.45, 7) is 10.4. The largest absolute Gasteiger partial charge is 0.313 e. The second-order valence-corrected chi connectivity index (χ2v) is 7.89. The fourth-order valence-electron chi connectivity index (χ4n) is 2.78. The molecular formula is C15H25BrN2S. The van der Waals surface area contributed by atoms with Gasteiger partial charge in [-0.25, -0.2) is 0 Å². The first kappa shape index (κ1) is 15.5. The third-order valence-electron chi connectivity index (χ3n) is 3.87. The smallest absolute Gasteiger partial charge is 0.0342 e. The molecule has 19 heavy (non-hydrogen) atoms. The van der Waals surface area contributed by atoms with Crippen molar-refractivity contribution in [3.05, 3.63) is 20.8 Å². The van der Waals surface area contributed by atoms with Gasteiger partial charge in [0, 0.05) is 34.5 Å². The lowest BCUT2D eigenvalue weighted by atomic mass is 10.0. The molecule has 2 heterocycles. The van der Waals surface area contributed by atoms with Gasteiger partial charge in [0.05, 0.1) is 0 Å². The zero-order valence-corrected chi connectivity index (χ0v) is 14.6. The first-order valence-electron chi connectivity index (χ1n) is 7.25. The topological polar surface area (TPSA) is 15.3 Å². The minimum absolute atomic E-state index is 0.642. The zero-order chi connectivity index (χ0) is 13.8. The third kappa shape index (κ3) is 4.55. The second kappa shape index (κ2) is 7.21. The SMILES string of the molecule is CC(C)CC1CN(Cc2sccc2Br)C(C)CCN1. The minimum Gasteiger partial charge on any atom is -0.313 e. The molecule has 0 spiro atoms. The highest BCUT2D eigenvalue weighted by Gasteiger charge is 2.24. The molecule has 2 atom stereocenters. The van der Waals surface area contributed by atoms with E-state index in [1.54, 1.807) is 0 Å². The molecule has 1 aliphatic rings. The Balaban J connectivity index is 2.01. The predicted molar refractivity (Wildman–Crippen MR) is 87.8 cm³/mol. The summed E-state index contributed by atoms with van der Waals surface area (Å²) in [6.07, 6.45) is 2.52. The van der Waals surface area contributed by atoms with Gasteiger partial charge in [-0.1, -0.05) is 13.8 Å². The van der Waals surface area contributed by atoms with Gasteiger partial charge in [0.2, 0.25) is 0 Å². The maximum absolute atomic E-state index is 3.72. The van der Waals surface area contributed by atoms with E-state index >= 15 is 0 Å². The van der Waals surface area contributed by atoms with Crippen LogP contribution in [0.2, 0.25) is 0 Å². The van der Waals surface area contributed by atoms with Gasteiger partial charge in [-0.3, -0.25) is 4.90 Å². The molecule has 4 heteroatoms. The van der Waals surface area contributed by atoms with Crippen molar-refractivity contribution in [2.75, 3.05) is 13.1 Å². The van der Waals surface area contributed by atoms with Crippen LogP contribution in [0.1, 0.15) is 38.5 Å². The predicted octanol–water partition coefficient (Wildman–Crippen LogP) is 4.11. The van der Waals surface area contributed by atoms with E-state index in [2.05, 4.69) is 58.4 Å². The average Bonchev–Trinajstić information content (AvgIpc) is 2.64. The summed E-state index contributed by atoms with van der Waals surface area (Å²) in [5.74, 6) is 0.765. The van der Waals surface area contributed by atoms with E-state index in [0.29, 0.717) is 12.1 Å². The fourth-order valence-corrected chi connectivity index (χ4v) is 4.28. The Kier molecular flexibility index (Phi) is 5.87. The van der Waals surface area contributed by atoms with Crippen LogP contribution in [0.4, 0.5) is 0 Å². The van der Waals surface area contributed by atoms with Gasteiger partial charge >= 0.3 is 0 Å². The van der Waals surface area contributed by atoms with Crippen LogP contribution in [0.15, 0.2) is 15.9 Å². The van der Waals surface area contributed by atoms with Gasteiger partial charge in [-0.2, -0.15) is 0 Å². The van der Waals surface area contributed by atoms with Gasteiger partial charge in [0.1, 0.15) is 0 Å². The Morgan fingerprint density at radius 1 is 1.53 bits per heavy atom. The van der Waals surface area contributed by atoms with E-state index in [0.717, 1.165) is 19.0 Å². The molecular weight excluding hydrogens is 320 g/mol. The number of thiophene rings is 1. The Hall–Kier alpha value is 0.1000. The van der Waals surface area contributed by atoms with Gasteiger partial charge in [0.15, 0.2) is 0 Å². The molecule has 0 saturated carbocycles. The van der Waals surface area contributed by atoms with Crippen LogP contribution in [-0.4, -0.2) is 30.1 Å². The third-order valence-corrected chi connectivity index (χ3v) is 5.78. The van der Waals surface area contributed by atoms with Crippen LogP contribution in [0.25, 0.3) is 0 Å². The molecule has 108 valence electrons. The van der Waals surface area contributed by atoms with E-state index < -0.39 is 0 Å². The molecule has 1 N–H and O–H groups in total. The monoisotopic (exact) mass is 344 g/mol. The molecule has 0 radical (unpaired) electrons. The van der Waals surface area contributed by atoms with Crippen LogP contribution in [0, 0.1) is 5.92 Å². The molecule has 0 aliphatic carbocycles. The lowest BCUT2D eigenvalue weighted by molar-refractivity contribution is 0.191. The standard InChI is InChI=1S/C15H25BrN2S/c1-11(2)8-13-9-18(12(3)4-6-17-13)10-15-14(16)5-7-19-15/h5,7,11-13,17H,4,6,8-10H2,1-3H3. The fraction of sp³-hybridized carbons (Fsp3) is 0.733. The molecule has 1 fully saturated rings. The number of nitrogens with zero attached hydrogens (tertiary/aromatic N) is 1. The van der Waals surface area contributed by atoms with E-state index in [-0.39, 0.29) is 0 Å². The van der Waals surface area contributed by atoms with E-state index in [1.807, 2.05) is 11.3 Å². The average molecular weight is 345 g/mol. The van der Waals surface area contributed by atoms with Crippen LogP contribution in [0.5, 0.6) is 0 Å². The molecule has 2 unspecified atom stereocenters. The van der Waals surface area contributed by atoms with Crippen molar-refractivity contribution in [2.45, 2.75) is 52.2 Å². The quantitative estimate of drug-likeness (QED) is 0.884. The molecule has 0 bridgehead atoms. The van der Waals surface area contributed by atoms with Gasteiger partial charge < -0.3 is 5.32 Å². The molecule has 1 aromatic heterocycles. The molecule has 1 aliphatic heterocycles. The maximum atomic E-state index is 3.72. The van der Waals surface area contributed by atoms with Crippen LogP contribution in [0.3, 0.4) is 0 Å². The van der Waals surface area contributed by atoms with Crippen molar-refractivity contribution in [2.24, 2.45) is 5.92 Å². The highest BCUT2D eigenvalue weighted by molar-refractivity contribution is 9.10. The first-order valence-corrected chi connectivity index (χ1v) is 8.92. The molecule has 2 rings (SSSR count). The molecule has 1 aromatic rings. The van der Waals surface area contributed by atoms with Crippen molar-refractivity contribution >= 4 is 27.3 Å². The summed E-state index contributed by atoms with van der Waals surface area (Å²) in [7, 11) is 0. The van der Waals surface area contributed by atoms with Crippen molar-refractivity contribution in [1.29, 1.82) is 0 Å². The van der Waals surface area contributed by atoms with Crippen molar-refractivity contribution in [3.8, 4) is 0 Å². The number of nitrogens with one attached hydrogen (secondary N) is 1. The lowest BCUT2D eigenvalue weighted by Crippen LogP contribution is -2.40.